The van der Waals surface area contributed by atoms with Gasteiger partial charge in [0, 0.05) is 25.2 Å². The number of rotatable bonds is 6. The fraction of sp³-hybridized carbons (Fsp3) is 1.00. The molecule has 0 radical (unpaired) electrons. The Labute approximate surface area is 106 Å². The molecule has 4 nitrogen and oxygen atoms in total. The first kappa shape index (κ1) is 14.9. The van der Waals surface area contributed by atoms with E-state index in [4.69, 9.17) is 0 Å². The molecule has 0 aromatic heterocycles. The van der Waals surface area contributed by atoms with Crippen LogP contribution in [0.1, 0.15) is 27.2 Å². The zero-order chi connectivity index (χ0) is 13.1. The van der Waals surface area contributed by atoms with Crippen LogP contribution >= 0.6 is 0 Å². The van der Waals surface area contributed by atoms with E-state index in [2.05, 4.69) is 31.0 Å². The van der Waals surface area contributed by atoms with E-state index < -0.39 is 9.84 Å². The quantitative estimate of drug-likeness (QED) is 0.767. The molecule has 0 bridgehead atoms. The van der Waals surface area contributed by atoms with E-state index in [1.807, 2.05) is 7.05 Å². The van der Waals surface area contributed by atoms with Gasteiger partial charge in [-0.25, -0.2) is 8.42 Å². The fourth-order valence-electron chi connectivity index (χ4n) is 2.01. The Morgan fingerprint density at radius 1 is 1.35 bits per heavy atom. The van der Waals surface area contributed by atoms with Gasteiger partial charge < -0.3 is 10.2 Å². The molecule has 1 saturated heterocycles. The summed E-state index contributed by atoms with van der Waals surface area (Å²) in [7, 11) is -0.736. The lowest BCUT2D eigenvalue weighted by Gasteiger charge is -2.25. The van der Waals surface area contributed by atoms with Crippen molar-refractivity contribution >= 4 is 9.84 Å². The summed E-state index contributed by atoms with van der Waals surface area (Å²) in [6.45, 7) is 8.42. The van der Waals surface area contributed by atoms with Gasteiger partial charge in [0.15, 0.2) is 9.84 Å². The van der Waals surface area contributed by atoms with Gasteiger partial charge in [-0.3, -0.25) is 0 Å². The number of nitrogens with one attached hydrogen (secondary N) is 1. The van der Waals surface area contributed by atoms with E-state index >= 15 is 0 Å². The zero-order valence-corrected chi connectivity index (χ0v) is 12.3. The molecule has 17 heavy (non-hydrogen) atoms. The average Bonchev–Trinajstić information content (AvgIpc) is 2.58. The van der Waals surface area contributed by atoms with Gasteiger partial charge in [0.1, 0.15) is 0 Å². The topological polar surface area (TPSA) is 49.4 Å². The van der Waals surface area contributed by atoms with Crippen LogP contribution in [0.25, 0.3) is 0 Å². The second kappa shape index (κ2) is 6.16. The number of nitrogens with zero attached hydrogens (tertiary/aromatic N) is 1. The maximum atomic E-state index is 11.4. The second-order valence-electron chi connectivity index (χ2n) is 5.52. The van der Waals surface area contributed by atoms with Crippen LogP contribution in [0.4, 0.5) is 0 Å². The largest absolute Gasteiger partial charge is 0.313 e. The molecule has 0 amide bonds. The van der Waals surface area contributed by atoms with Crippen molar-refractivity contribution in [1.29, 1.82) is 0 Å². The van der Waals surface area contributed by atoms with Crippen molar-refractivity contribution < 1.29 is 8.42 Å². The van der Waals surface area contributed by atoms with Gasteiger partial charge in [-0.05, 0) is 26.3 Å². The highest BCUT2D eigenvalue weighted by molar-refractivity contribution is 7.91. The van der Waals surface area contributed by atoms with Crippen molar-refractivity contribution in [3.05, 3.63) is 0 Å². The highest BCUT2D eigenvalue weighted by Gasteiger charge is 2.30. The van der Waals surface area contributed by atoms with Crippen molar-refractivity contribution in [2.24, 2.45) is 5.92 Å². The molecule has 5 heteroatoms. The zero-order valence-electron chi connectivity index (χ0n) is 11.4. The van der Waals surface area contributed by atoms with Gasteiger partial charge in [-0.2, -0.15) is 0 Å². The molecule has 1 heterocycles. The lowest BCUT2D eigenvalue weighted by Crippen LogP contribution is -2.41. The molecule has 1 N–H and O–H groups in total. The van der Waals surface area contributed by atoms with Crippen molar-refractivity contribution in [2.75, 3.05) is 31.6 Å². The Balaban J connectivity index is 2.24. The third-order valence-electron chi connectivity index (χ3n) is 3.76. The molecule has 0 aromatic rings. The van der Waals surface area contributed by atoms with Gasteiger partial charge >= 0.3 is 0 Å². The molecule has 1 fully saturated rings. The third kappa shape index (κ3) is 4.94. The molecule has 102 valence electrons. The van der Waals surface area contributed by atoms with E-state index in [-0.39, 0.29) is 6.04 Å². The van der Waals surface area contributed by atoms with Gasteiger partial charge in [-0.1, -0.05) is 13.8 Å². The molecule has 0 saturated carbocycles. The molecular formula is C12H26N2O2S. The molecule has 2 atom stereocenters. The molecule has 1 aliphatic heterocycles. The maximum Gasteiger partial charge on any atom is 0.151 e. The van der Waals surface area contributed by atoms with Crippen LogP contribution in [0.5, 0.6) is 0 Å². The van der Waals surface area contributed by atoms with E-state index in [9.17, 15) is 8.42 Å². The van der Waals surface area contributed by atoms with Crippen molar-refractivity contribution in [3.8, 4) is 0 Å². The summed E-state index contributed by atoms with van der Waals surface area (Å²) < 4.78 is 22.7. The van der Waals surface area contributed by atoms with Crippen LogP contribution in [0, 0.1) is 5.92 Å². The van der Waals surface area contributed by atoms with E-state index in [0.29, 0.717) is 23.5 Å². The molecule has 0 aromatic carbocycles. The Kier molecular flexibility index (Phi) is 5.41. The maximum absolute atomic E-state index is 11.4. The highest BCUT2D eigenvalue weighted by atomic mass is 32.2. The smallest absolute Gasteiger partial charge is 0.151 e. The Bertz CT molecular complexity index is 327. The number of hydrogen-bond acceptors (Lipinski definition) is 4. The summed E-state index contributed by atoms with van der Waals surface area (Å²) in [6, 6.07) is 0.729. The van der Waals surface area contributed by atoms with Crippen LogP contribution in [0.2, 0.25) is 0 Å². The monoisotopic (exact) mass is 262 g/mol. The van der Waals surface area contributed by atoms with Gasteiger partial charge in [0.2, 0.25) is 0 Å². The van der Waals surface area contributed by atoms with Crippen LogP contribution in [-0.2, 0) is 9.84 Å². The summed E-state index contributed by atoms with van der Waals surface area (Å²) in [5.41, 5.74) is 0. The van der Waals surface area contributed by atoms with Crippen LogP contribution in [0.15, 0.2) is 0 Å². The first-order valence-corrected chi connectivity index (χ1v) is 8.28. The minimum absolute atomic E-state index is 0.219. The van der Waals surface area contributed by atoms with E-state index in [1.54, 1.807) is 0 Å². The second-order valence-corrected chi connectivity index (χ2v) is 7.75. The third-order valence-corrected chi connectivity index (χ3v) is 5.51. The molecule has 1 aliphatic rings. The number of likely N-dealkylation sites (N-methyl/N-ethyl adjacent to an activating group) is 1. The Hall–Kier alpha value is -0.130. The predicted octanol–water partition coefficient (Wildman–Crippen LogP) is 0.739. The normalized spacial score (nSPS) is 25.6. The standard InChI is InChI=1S/C12H26N2O2S/c1-10(2)11(3)13-6-7-14(4)12-5-8-17(15,16)9-12/h10-13H,5-9H2,1-4H3. The minimum atomic E-state index is -2.76. The van der Waals surface area contributed by atoms with Gasteiger partial charge in [-0.15, -0.1) is 0 Å². The average molecular weight is 262 g/mol. The molecule has 0 spiro atoms. The molecule has 2 unspecified atom stereocenters. The lowest BCUT2D eigenvalue weighted by molar-refractivity contribution is 0.254. The minimum Gasteiger partial charge on any atom is -0.313 e. The van der Waals surface area contributed by atoms with Crippen LogP contribution in [-0.4, -0.2) is 57.0 Å². The van der Waals surface area contributed by atoms with Crippen LogP contribution in [0.3, 0.4) is 0 Å². The first-order chi connectivity index (χ1) is 7.82. The summed E-state index contributed by atoms with van der Waals surface area (Å²) >= 11 is 0. The first-order valence-electron chi connectivity index (χ1n) is 6.46. The molecule has 1 rings (SSSR count). The highest BCUT2D eigenvalue weighted by Crippen LogP contribution is 2.15. The number of hydrogen-bond donors (Lipinski definition) is 1. The summed E-state index contributed by atoms with van der Waals surface area (Å²) in [4.78, 5) is 2.17. The van der Waals surface area contributed by atoms with Crippen molar-refractivity contribution in [2.45, 2.75) is 39.3 Å². The molecule has 0 aliphatic carbocycles. The van der Waals surface area contributed by atoms with Crippen molar-refractivity contribution in [1.82, 2.24) is 10.2 Å². The van der Waals surface area contributed by atoms with Gasteiger partial charge in [0.05, 0.1) is 11.5 Å². The predicted molar refractivity (Wildman–Crippen MR) is 72.0 cm³/mol. The van der Waals surface area contributed by atoms with E-state index in [1.165, 1.54) is 0 Å². The lowest BCUT2D eigenvalue weighted by atomic mass is 10.1. The summed E-state index contributed by atoms with van der Waals surface area (Å²) in [5, 5.41) is 3.47. The Morgan fingerprint density at radius 3 is 2.47 bits per heavy atom. The van der Waals surface area contributed by atoms with Crippen molar-refractivity contribution in [3.63, 3.8) is 0 Å². The summed E-state index contributed by atoms with van der Waals surface area (Å²) in [5.74, 6) is 1.33. The SMILES string of the molecule is CC(C)C(C)NCCN(C)C1CCS(=O)(=O)C1. The summed E-state index contributed by atoms with van der Waals surface area (Å²) in [6.07, 6.45) is 0.790. The Morgan fingerprint density at radius 2 is 2.00 bits per heavy atom. The number of sulfone groups is 1. The van der Waals surface area contributed by atoms with E-state index in [0.717, 1.165) is 19.5 Å². The molecular weight excluding hydrogens is 236 g/mol. The van der Waals surface area contributed by atoms with Crippen LogP contribution < -0.4 is 5.32 Å². The van der Waals surface area contributed by atoms with Gasteiger partial charge in [0.25, 0.3) is 0 Å². The fourth-order valence-corrected chi connectivity index (χ4v) is 3.82.